The Kier molecular flexibility index (Phi) is 4.71. The van der Waals surface area contributed by atoms with Crippen molar-refractivity contribution < 1.29 is 9.26 Å². The highest BCUT2D eigenvalue weighted by molar-refractivity contribution is 5.73. The largest absolute Gasteiger partial charge is 0.377 e. The Balaban J connectivity index is 1.48. The quantitative estimate of drug-likeness (QED) is 0.517. The number of nitrogens with zero attached hydrogens (tertiary/aromatic N) is 6. The Morgan fingerprint density at radius 3 is 2.63 bits per heavy atom. The number of fused-ring (bicyclic) bond motifs is 1. The van der Waals surface area contributed by atoms with Gasteiger partial charge < -0.3 is 14.2 Å². The fourth-order valence-electron chi connectivity index (χ4n) is 2.69. The van der Waals surface area contributed by atoms with Crippen molar-refractivity contribution in [2.24, 2.45) is 0 Å². The molecule has 0 N–H and O–H groups in total. The Morgan fingerprint density at radius 2 is 1.85 bits per heavy atom. The van der Waals surface area contributed by atoms with E-state index in [2.05, 4.69) is 25.1 Å². The van der Waals surface area contributed by atoms with Gasteiger partial charge in [-0.15, -0.1) is 0 Å². The van der Waals surface area contributed by atoms with Gasteiger partial charge in [-0.1, -0.05) is 17.3 Å². The second-order valence-electron chi connectivity index (χ2n) is 6.06. The first-order chi connectivity index (χ1) is 13.2. The lowest BCUT2D eigenvalue weighted by atomic mass is 10.2. The Hall–Kier alpha value is -3.39. The zero-order valence-electron chi connectivity index (χ0n) is 15.0. The minimum Gasteiger partial charge on any atom is -0.377 e. The molecule has 0 spiro atoms. The molecule has 8 heteroatoms. The van der Waals surface area contributed by atoms with Gasteiger partial charge in [-0.3, -0.25) is 4.98 Å². The van der Waals surface area contributed by atoms with Crippen molar-refractivity contribution in [3.05, 3.63) is 60.3 Å². The molecule has 0 bridgehead atoms. The van der Waals surface area contributed by atoms with E-state index in [4.69, 9.17) is 9.26 Å². The van der Waals surface area contributed by atoms with Crippen molar-refractivity contribution in [2.45, 2.75) is 13.2 Å². The number of aromatic nitrogens is 5. The van der Waals surface area contributed by atoms with E-state index in [0.717, 1.165) is 28.1 Å². The molecule has 1 aromatic carbocycles. The first-order valence-electron chi connectivity index (χ1n) is 8.42. The summed E-state index contributed by atoms with van der Waals surface area (Å²) >= 11 is 0. The molecule has 0 saturated carbocycles. The van der Waals surface area contributed by atoms with Gasteiger partial charge in [-0.05, 0) is 24.3 Å². The Bertz CT molecular complexity index is 1050. The second-order valence-corrected chi connectivity index (χ2v) is 6.06. The van der Waals surface area contributed by atoms with E-state index in [-0.39, 0.29) is 0 Å². The van der Waals surface area contributed by atoms with Gasteiger partial charge in [0.2, 0.25) is 0 Å². The predicted molar refractivity (Wildman–Crippen MR) is 99.9 cm³/mol. The first-order valence-corrected chi connectivity index (χ1v) is 8.42. The molecule has 3 aromatic heterocycles. The Labute approximate surface area is 155 Å². The average Bonchev–Trinajstić information content (AvgIpc) is 3.17. The molecule has 8 nitrogen and oxygen atoms in total. The molecule has 0 aliphatic rings. The molecule has 4 rings (SSSR count). The van der Waals surface area contributed by atoms with Gasteiger partial charge in [0, 0.05) is 20.4 Å². The van der Waals surface area contributed by atoms with Crippen LogP contribution in [0.1, 0.15) is 11.5 Å². The maximum atomic E-state index is 5.23. The smallest absolute Gasteiger partial charge is 0.259 e. The number of pyridine rings is 1. The van der Waals surface area contributed by atoms with Gasteiger partial charge in [0.05, 0.1) is 35.0 Å². The highest BCUT2D eigenvalue weighted by Crippen LogP contribution is 2.20. The van der Waals surface area contributed by atoms with E-state index in [1.165, 1.54) is 0 Å². The van der Waals surface area contributed by atoms with E-state index in [0.29, 0.717) is 24.9 Å². The van der Waals surface area contributed by atoms with Crippen LogP contribution in [0.4, 0.5) is 5.82 Å². The normalized spacial score (nSPS) is 11.0. The van der Waals surface area contributed by atoms with Crippen LogP contribution < -0.4 is 4.90 Å². The van der Waals surface area contributed by atoms with Crippen molar-refractivity contribution >= 4 is 16.9 Å². The summed E-state index contributed by atoms with van der Waals surface area (Å²) in [6, 6.07) is 11.6. The minimum absolute atomic E-state index is 0.310. The average molecular weight is 362 g/mol. The molecule has 0 atom stereocenters. The third-order valence-electron chi connectivity index (χ3n) is 4.03. The molecule has 136 valence electrons. The summed E-state index contributed by atoms with van der Waals surface area (Å²) in [6.07, 6.45) is 3.50. The van der Waals surface area contributed by atoms with Crippen LogP contribution >= 0.6 is 0 Å². The monoisotopic (exact) mass is 362 g/mol. The standard InChI is InChI=1S/C19H18N6O2/c1-25(11-14-10-20-15-5-3-4-6-16(15)22-14)18-8-7-13(9-21-18)19-23-17(12-26-2)24-27-19/h3-10H,11-12H2,1-2H3. The number of hydrogen-bond donors (Lipinski definition) is 0. The summed E-state index contributed by atoms with van der Waals surface area (Å²) < 4.78 is 10.2. The number of para-hydroxylation sites is 2. The van der Waals surface area contributed by atoms with Crippen molar-refractivity contribution in [1.82, 2.24) is 25.1 Å². The molecule has 0 saturated heterocycles. The van der Waals surface area contributed by atoms with Gasteiger partial charge in [0.25, 0.3) is 5.89 Å². The number of rotatable bonds is 6. The van der Waals surface area contributed by atoms with Gasteiger partial charge >= 0.3 is 0 Å². The van der Waals surface area contributed by atoms with Gasteiger partial charge in [-0.25, -0.2) is 9.97 Å². The molecule has 27 heavy (non-hydrogen) atoms. The van der Waals surface area contributed by atoms with Crippen LogP contribution in [0.3, 0.4) is 0 Å². The fourth-order valence-corrected chi connectivity index (χ4v) is 2.69. The third-order valence-corrected chi connectivity index (χ3v) is 4.03. The van der Waals surface area contributed by atoms with Crippen molar-refractivity contribution in [2.75, 3.05) is 19.1 Å². The predicted octanol–water partition coefficient (Wildman–Crippen LogP) is 2.86. The summed E-state index contributed by atoms with van der Waals surface area (Å²) in [5, 5.41) is 3.86. The second kappa shape index (κ2) is 7.46. The fraction of sp³-hybridized carbons (Fsp3) is 0.211. The van der Waals surface area contributed by atoms with Crippen molar-refractivity contribution in [3.63, 3.8) is 0 Å². The summed E-state index contributed by atoms with van der Waals surface area (Å²) in [7, 11) is 3.55. The minimum atomic E-state index is 0.310. The van der Waals surface area contributed by atoms with Gasteiger partial charge in [0.1, 0.15) is 12.4 Å². The maximum Gasteiger partial charge on any atom is 0.259 e. The first kappa shape index (κ1) is 17.0. The lowest BCUT2D eigenvalue weighted by molar-refractivity contribution is 0.174. The van der Waals surface area contributed by atoms with E-state index >= 15 is 0 Å². The maximum absolute atomic E-state index is 5.23. The van der Waals surface area contributed by atoms with E-state index in [1.54, 1.807) is 19.5 Å². The van der Waals surface area contributed by atoms with Crippen LogP contribution in [0.25, 0.3) is 22.5 Å². The molecule has 0 fully saturated rings. The summed E-state index contributed by atoms with van der Waals surface area (Å²) in [4.78, 5) is 19.9. The molecule has 0 aliphatic carbocycles. The number of ether oxygens (including phenoxy) is 1. The summed E-state index contributed by atoms with van der Waals surface area (Å²) in [6.45, 7) is 0.910. The van der Waals surface area contributed by atoms with E-state index in [9.17, 15) is 0 Å². The number of benzene rings is 1. The molecule has 3 heterocycles. The van der Waals surface area contributed by atoms with E-state index < -0.39 is 0 Å². The highest BCUT2D eigenvalue weighted by atomic mass is 16.5. The van der Waals surface area contributed by atoms with Gasteiger partial charge in [-0.2, -0.15) is 4.98 Å². The SMILES string of the molecule is COCc1noc(-c2ccc(N(C)Cc3cnc4ccccc4n3)nc2)n1. The van der Waals surface area contributed by atoms with Crippen LogP contribution in [0, 0.1) is 0 Å². The zero-order valence-corrected chi connectivity index (χ0v) is 15.0. The summed E-state index contributed by atoms with van der Waals surface area (Å²) in [5.74, 6) is 1.73. The highest BCUT2D eigenvalue weighted by Gasteiger charge is 2.11. The van der Waals surface area contributed by atoms with Gasteiger partial charge in [0.15, 0.2) is 5.82 Å². The van der Waals surface area contributed by atoms with Crippen LogP contribution in [-0.2, 0) is 17.9 Å². The van der Waals surface area contributed by atoms with Crippen LogP contribution in [0.2, 0.25) is 0 Å². The van der Waals surface area contributed by atoms with Crippen LogP contribution in [0.15, 0.2) is 53.3 Å². The zero-order chi connectivity index (χ0) is 18.6. The molecule has 0 radical (unpaired) electrons. The molecule has 0 aliphatic heterocycles. The number of hydrogen-bond acceptors (Lipinski definition) is 8. The Morgan fingerprint density at radius 1 is 1.00 bits per heavy atom. The number of methoxy groups -OCH3 is 1. The van der Waals surface area contributed by atoms with Crippen LogP contribution in [-0.4, -0.2) is 39.3 Å². The molecular weight excluding hydrogens is 344 g/mol. The summed E-state index contributed by atoms with van der Waals surface area (Å²) in [5.41, 5.74) is 3.41. The van der Waals surface area contributed by atoms with Crippen molar-refractivity contribution in [1.29, 1.82) is 0 Å². The van der Waals surface area contributed by atoms with Crippen LogP contribution in [0.5, 0.6) is 0 Å². The number of anilines is 1. The molecule has 0 amide bonds. The topological polar surface area (TPSA) is 90.1 Å². The molecule has 0 unspecified atom stereocenters. The molecular formula is C19H18N6O2. The molecule has 4 aromatic rings. The third kappa shape index (κ3) is 3.75. The van der Waals surface area contributed by atoms with E-state index in [1.807, 2.05) is 48.3 Å². The lowest BCUT2D eigenvalue weighted by Crippen LogP contribution is -2.18. The lowest BCUT2D eigenvalue weighted by Gasteiger charge is -2.17. The van der Waals surface area contributed by atoms with Crippen molar-refractivity contribution in [3.8, 4) is 11.5 Å².